The van der Waals surface area contributed by atoms with E-state index in [0.29, 0.717) is 22.8 Å². The first-order chi connectivity index (χ1) is 9.11. The first-order valence-electron chi connectivity index (χ1n) is 6.04. The second-order valence-corrected chi connectivity index (χ2v) is 4.30. The Bertz CT molecular complexity index is 585. The minimum Gasteiger partial charge on any atom is -0.496 e. The van der Waals surface area contributed by atoms with E-state index >= 15 is 0 Å². The quantitative estimate of drug-likeness (QED) is 0.776. The molecule has 3 heteroatoms. The zero-order valence-electron chi connectivity index (χ0n) is 11.3. The molecule has 0 aromatic heterocycles. The molecular weight excluding hydrogens is 240 g/mol. The summed E-state index contributed by atoms with van der Waals surface area (Å²) in [7, 11) is 1.54. The predicted molar refractivity (Wildman–Crippen MR) is 74.3 cm³/mol. The first-order valence-corrected chi connectivity index (χ1v) is 6.04. The summed E-state index contributed by atoms with van der Waals surface area (Å²) in [5.74, 6) is 1.65. The van der Waals surface area contributed by atoms with Gasteiger partial charge >= 0.3 is 0 Å². The van der Waals surface area contributed by atoms with Crippen molar-refractivity contribution in [2.24, 2.45) is 0 Å². The van der Waals surface area contributed by atoms with Crippen molar-refractivity contribution in [1.82, 2.24) is 0 Å². The molecule has 2 rings (SSSR count). The van der Waals surface area contributed by atoms with Gasteiger partial charge in [0.2, 0.25) is 0 Å². The average Bonchev–Trinajstić information content (AvgIpc) is 2.40. The number of hydrogen-bond acceptors (Lipinski definition) is 3. The van der Waals surface area contributed by atoms with Crippen LogP contribution in [0.25, 0.3) is 0 Å². The summed E-state index contributed by atoms with van der Waals surface area (Å²) in [6.45, 7) is 3.51. The molecule has 2 aromatic rings. The largest absolute Gasteiger partial charge is 0.496 e. The van der Waals surface area contributed by atoms with Crippen LogP contribution in [0.1, 0.15) is 22.8 Å². The van der Waals surface area contributed by atoms with Gasteiger partial charge in [-0.05, 0) is 38.1 Å². The number of carbonyl (C=O) groups is 1. The van der Waals surface area contributed by atoms with Crippen LogP contribution in [0, 0.1) is 6.92 Å². The summed E-state index contributed by atoms with van der Waals surface area (Å²) in [6.07, 6.45) is 0. The molecule has 2 aromatic carbocycles. The molecule has 0 atom stereocenters. The minimum absolute atomic E-state index is 0.0837. The van der Waals surface area contributed by atoms with Crippen LogP contribution in [0.2, 0.25) is 0 Å². The van der Waals surface area contributed by atoms with Crippen LogP contribution >= 0.6 is 0 Å². The average molecular weight is 256 g/mol. The van der Waals surface area contributed by atoms with Crippen LogP contribution in [0.15, 0.2) is 42.5 Å². The summed E-state index contributed by atoms with van der Waals surface area (Å²) < 4.78 is 11.0. The first kappa shape index (κ1) is 13.1. The van der Waals surface area contributed by atoms with Crippen LogP contribution in [0.4, 0.5) is 0 Å². The number of ether oxygens (including phenoxy) is 2. The number of hydrogen-bond donors (Lipinski definition) is 0. The van der Waals surface area contributed by atoms with E-state index < -0.39 is 0 Å². The Balaban J connectivity index is 2.39. The van der Waals surface area contributed by atoms with E-state index in [-0.39, 0.29) is 5.78 Å². The van der Waals surface area contributed by atoms with Gasteiger partial charge in [0.05, 0.1) is 7.11 Å². The fraction of sp³-hybridized carbons (Fsp3) is 0.188. The molecule has 0 aliphatic heterocycles. The molecule has 0 unspecified atom stereocenters. The third-order valence-electron chi connectivity index (χ3n) is 2.81. The van der Waals surface area contributed by atoms with E-state index in [0.717, 1.165) is 5.56 Å². The molecule has 0 spiro atoms. The molecule has 0 aliphatic rings. The molecule has 3 nitrogen and oxygen atoms in total. The Morgan fingerprint density at radius 1 is 1.00 bits per heavy atom. The standard InChI is InChI=1S/C16H16O3/c1-11-7-9-13(10-8-11)19-15-6-4-5-14(18-3)16(15)12(2)17/h4-10H,1-3H3. The molecule has 0 N–H and O–H groups in total. The van der Waals surface area contributed by atoms with Crippen molar-refractivity contribution in [3.05, 3.63) is 53.6 Å². The molecule has 0 aliphatic carbocycles. The summed E-state index contributed by atoms with van der Waals surface area (Å²) in [5, 5.41) is 0. The van der Waals surface area contributed by atoms with Crippen LogP contribution in [0.3, 0.4) is 0 Å². The highest BCUT2D eigenvalue weighted by Gasteiger charge is 2.15. The van der Waals surface area contributed by atoms with Gasteiger partial charge in [-0.3, -0.25) is 4.79 Å². The highest BCUT2D eigenvalue weighted by Crippen LogP contribution is 2.32. The zero-order valence-corrected chi connectivity index (χ0v) is 11.3. The second kappa shape index (κ2) is 5.57. The summed E-state index contributed by atoms with van der Waals surface area (Å²) >= 11 is 0. The third-order valence-corrected chi connectivity index (χ3v) is 2.81. The van der Waals surface area contributed by atoms with Crippen LogP contribution in [0.5, 0.6) is 17.2 Å². The van der Waals surface area contributed by atoms with Gasteiger partial charge in [-0.2, -0.15) is 0 Å². The number of aryl methyl sites for hydroxylation is 1. The predicted octanol–water partition coefficient (Wildman–Crippen LogP) is 4.00. The summed E-state index contributed by atoms with van der Waals surface area (Å²) in [6, 6.07) is 13.0. The van der Waals surface area contributed by atoms with Crippen LogP contribution in [-0.2, 0) is 0 Å². The topological polar surface area (TPSA) is 35.5 Å². The Labute approximate surface area is 112 Å². The molecule has 0 saturated heterocycles. The lowest BCUT2D eigenvalue weighted by Gasteiger charge is -2.12. The smallest absolute Gasteiger partial charge is 0.167 e. The normalized spacial score (nSPS) is 10.1. The lowest BCUT2D eigenvalue weighted by Crippen LogP contribution is -2.00. The van der Waals surface area contributed by atoms with Crippen molar-refractivity contribution in [3.8, 4) is 17.2 Å². The highest BCUT2D eigenvalue weighted by atomic mass is 16.5. The van der Waals surface area contributed by atoms with Crippen molar-refractivity contribution in [2.45, 2.75) is 13.8 Å². The van der Waals surface area contributed by atoms with Crippen molar-refractivity contribution < 1.29 is 14.3 Å². The van der Waals surface area contributed by atoms with E-state index in [2.05, 4.69) is 0 Å². The van der Waals surface area contributed by atoms with Crippen LogP contribution in [-0.4, -0.2) is 12.9 Å². The Kier molecular flexibility index (Phi) is 3.85. The SMILES string of the molecule is COc1cccc(Oc2ccc(C)cc2)c1C(C)=O. The highest BCUT2D eigenvalue weighted by molar-refractivity contribution is 5.99. The Morgan fingerprint density at radius 3 is 2.21 bits per heavy atom. The van der Waals surface area contributed by atoms with Gasteiger partial charge in [0.15, 0.2) is 5.78 Å². The third kappa shape index (κ3) is 2.94. The van der Waals surface area contributed by atoms with Gasteiger partial charge in [0, 0.05) is 0 Å². The monoisotopic (exact) mass is 256 g/mol. The fourth-order valence-electron chi connectivity index (χ4n) is 1.85. The van der Waals surface area contributed by atoms with E-state index in [1.165, 1.54) is 14.0 Å². The molecule has 0 bridgehead atoms. The van der Waals surface area contributed by atoms with Crippen LogP contribution < -0.4 is 9.47 Å². The number of rotatable bonds is 4. The Morgan fingerprint density at radius 2 is 1.63 bits per heavy atom. The lowest BCUT2D eigenvalue weighted by molar-refractivity contribution is 0.101. The number of carbonyl (C=O) groups excluding carboxylic acids is 1. The summed E-state index contributed by atoms with van der Waals surface area (Å²) in [5.41, 5.74) is 1.62. The molecule has 0 heterocycles. The lowest BCUT2D eigenvalue weighted by atomic mass is 10.1. The summed E-state index contributed by atoms with van der Waals surface area (Å²) in [4.78, 5) is 11.7. The number of benzene rings is 2. The van der Waals surface area contributed by atoms with Crippen molar-refractivity contribution >= 4 is 5.78 Å². The van der Waals surface area contributed by atoms with Crippen molar-refractivity contribution in [3.63, 3.8) is 0 Å². The molecule has 0 radical (unpaired) electrons. The van der Waals surface area contributed by atoms with Gasteiger partial charge in [-0.15, -0.1) is 0 Å². The maximum absolute atomic E-state index is 11.7. The van der Waals surface area contributed by atoms with Gasteiger partial charge in [0.1, 0.15) is 22.8 Å². The minimum atomic E-state index is -0.0837. The zero-order chi connectivity index (χ0) is 13.8. The molecule has 0 amide bonds. The number of Topliss-reactive ketones (excluding diaryl/α,β-unsaturated/α-hetero) is 1. The van der Waals surface area contributed by atoms with Gasteiger partial charge in [-0.1, -0.05) is 23.8 Å². The number of methoxy groups -OCH3 is 1. The van der Waals surface area contributed by atoms with Crippen molar-refractivity contribution in [2.75, 3.05) is 7.11 Å². The van der Waals surface area contributed by atoms with Gasteiger partial charge < -0.3 is 9.47 Å². The Hall–Kier alpha value is -2.29. The molecule has 19 heavy (non-hydrogen) atoms. The maximum Gasteiger partial charge on any atom is 0.167 e. The maximum atomic E-state index is 11.7. The van der Waals surface area contributed by atoms with Gasteiger partial charge in [-0.25, -0.2) is 0 Å². The number of ketones is 1. The molecule has 0 fully saturated rings. The fourth-order valence-corrected chi connectivity index (χ4v) is 1.85. The second-order valence-electron chi connectivity index (χ2n) is 4.30. The van der Waals surface area contributed by atoms with Gasteiger partial charge in [0.25, 0.3) is 0 Å². The molecule has 98 valence electrons. The van der Waals surface area contributed by atoms with E-state index in [4.69, 9.17) is 9.47 Å². The van der Waals surface area contributed by atoms with Crippen molar-refractivity contribution in [1.29, 1.82) is 0 Å². The molecular formula is C16H16O3. The van der Waals surface area contributed by atoms with E-state index in [1.807, 2.05) is 31.2 Å². The van der Waals surface area contributed by atoms with E-state index in [1.54, 1.807) is 18.2 Å². The van der Waals surface area contributed by atoms with E-state index in [9.17, 15) is 4.79 Å². The molecule has 0 saturated carbocycles.